The topological polar surface area (TPSA) is 58.1 Å². The summed E-state index contributed by atoms with van der Waals surface area (Å²) in [5.74, 6) is 0.261. The summed E-state index contributed by atoms with van der Waals surface area (Å²) in [6.45, 7) is 4.83. The molecule has 0 aliphatic carbocycles. The van der Waals surface area contributed by atoms with Crippen LogP contribution in [0.3, 0.4) is 0 Å². The zero-order valence-electron chi connectivity index (χ0n) is 17.4. The van der Waals surface area contributed by atoms with Crippen molar-refractivity contribution in [3.63, 3.8) is 0 Å². The van der Waals surface area contributed by atoms with E-state index in [0.717, 1.165) is 38.4 Å². The molecule has 1 aliphatic heterocycles. The van der Waals surface area contributed by atoms with Gasteiger partial charge in [-0.3, -0.25) is 9.89 Å². The average molecular weight is 436 g/mol. The second-order valence-corrected chi connectivity index (χ2v) is 7.09. The molecular formula is C22H27F3N4O2. The standard InChI is InChI=1S/C22H27F3N4O2/c1-26-21(28-15-18-7-4-5-9-20(18)31-22(23,24)25)27-14-17-6-2-3-8-19(17)16-29-10-12-30-13-11-29/h2-9H,10-16H2,1H3,(H2,26,27,28). The van der Waals surface area contributed by atoms with E-state index in [9.17, 15) is 13.2 Å². The molecule has 9 heteroatoms. The van der Waals surface area contributed by atoms with Crippen LogP contribution >= 0.6 is 0 Å². The van der Waals surface area contributed by atoms with Crippen molar-refractivity contribution in [1.82, 2.24) is 15.5 Å². The number of hydrogen-bond acceptors (Lipinski definition) is 4. The van der Waals surface area contributed by atoms with Gasteiger partial charge in [0, 0.05) is 45.3 Å². The third-order valence-electron chi connectivity index (χ3n) is 4.93. The average Bonchev–Trinajstić information content (AvgIpc) is 2.75. The van der Waals surface area contributed by atoms with Crippen LogP contribution in [0.1, 0.15) is 16.7 Å². The van der Waals surface area contributed by atoms with Gasteiger partial charge in [-0.05, 0) is 17.2 Å². The van der Waals surface area contributed by atoms with E-state index in [0.29, 0.717) is 18.1 Å². The van der Waals surface area contributed by atoms with Crippen molar-refractivity contribution in [2.75, 3.05) is 33.4 Å². The van der Waals surface area contributed by atoms with E-state index in [4.69, 9.17) is 4.74 Å². The highest BCUT2D eigenvalue weighted by atomic mass is 19.4. The Labute approximate surface area is 180 Å². The van der Waals surface area contributed by atoms with Crippen molar-refractivity contribution in [3.05, 3.63) is 65.2 Å². The maximum Gasteiger partial charge on any atom is 0.573 e. The number of halogens is 3. The molecule has 0 atom stereocenters. The van der Waals surface area contributed by atoms with Gasteiger partial charge in [0.25, 0.3) is 0 Å². The van der Waals surface area contributed by atoms with Gasteiger partial charge in [0.15, 0.2) is 5.96 Å². The lowest BCUT2D eigenvalue weighted by atomic mass is 10.1. The van der Waals surface area contributed by atoms with Gasteiger partial charge in [-0.2, -0.15) is 0 Å². The zero-order valence-corrected chi connectivity index (χ0v) is 17.4. The number of guanidine groups is 1. The molecule has 0 saturated carbocycles. The molecular weight excluding hydrogens is 409 g/mol. The molecule has 2 N–H and O–H groups in total. The van der Waals surface area contributed by atoms with E-state index in [1.807, 2.05) is 12.1 Å². The first kappa shape index (κ1) is 22.9. The molecule has 0 radical (unpaired) electrons. The second kappa shape index (κ2) is 11.0. The molecule has 168 valence electrons. The Morgan fingerprint density at radius 2 is 1.55 bits per heavy atom. The predicted molar refractivity (Wildman–Crippen MR) is 113 cm³/mol. The number of nitrogens with one attached hydrogen (secondary N) is 2. The van der Waals surface area contributed by atoms with Crippen LogP contribution in [-0.4, -0.2) is 50.6 Å². The number of aliphatic imine (C=N–C) groups is 1. The molecule has 0 unspecified atom stereocenters. The summed E-state index contributed by atoms with van der Waals surface area (Å²) >= 11 is 0. The monoisotopic (exact) mass is 436 g/mol. The van der Waals surface area contributed by atoms with Crippen molar-refractivity contribution in [3.8, 4) is 5.75 Å². The minimum absolute atomic E-state index is 0.140. The summed E-state index contributed by atoms with van der Waals surface area (Å²) in [7, 11) is 1.62. The van der Waals surface area contributed by atoms with E-state index in [2.05, 4.69) is 37.4 Å². The lowest BCUT2D eigenvalue weighted by molar-refractivity contribution is -0.274. The highest BCUT2D eigenvalue weighted by molar-refractivity contribution is 5.79. The first-order valence-corrected chi connectivity index (χ1v) is 10.1. The Hall–Kier alpha value is -2.78. The maximum atomic E-state index is 12.6. The first-order chi connectivity index (χ1) is 14.9. The van der Waals surface area contributed by atoms with E-state index >= 15 is 0 Å². The van der Waals surface area contributed by atoms with Crippen LogP contribution in [0.15, 0.2) is 53.5 Å². The van der Waals surface area contributed by atoms with Crippen LogP contribution in [0.5, 0.6) is 5.75 Å². The Kier molecular flexibility index (Phi) is 8.13. The minimum Gasteiger partial charge on any atom is -0.405 e. The fourth-order valence-electron chi connectivity index (χ4n) is 3.34. The smallest absolute Gasteiger partial charge is 0.405 e. The molecule has 3 rings (SSSR count). The SMILES string of the molecule is CN=C(NCc1ccccc1CN1CCOCC1)NCc1ccccc1OC(F)(F)F. The van der Waals surface area contributed by atoms with E-state index < -0.39 is 6.36 Å². The summed E-state index contributed by atoms with van der Waals surface area (Å²) in [4.78, 5) is 6.53. The molecule has 0 spiro atoms. The normalized spacial score (nSPS) is 15.5. The number of rotatable bonds is 7. The molecule has 6 nitrogen and oxygen atoms in total. The fourth-order valence-corrected chi connectivity index (χ4v) is 3.34. The van der Waals surface area contributed by atoms with E-state index in [1.54, 1.807) is 19.2 Å². The van der Waals surface area contributed by atoms with Crippen molar-refractivity contribution >= 4 is 5.96 Å². The molecule has 0 bridgehead atoms. The molecule has 1 fully saturated rings. The van der Waals surface area contributed by atoms with Gasteiger partial charge in [-0.15, -0.1) is 13.2 Å². The van der Waals surface area contributed by atoms with Gasteiger partial charge in [0.2, 0.25) is 0 Å². The Morgan fingerprint density at radius 3 is 2.19 bits per heavy atom. The lowest BCUT2D eigenvalue weighted by Gasteiger charge is -2.27. The summed E-state index contributed by atoms with van der Waals surface area (Å²) in [6, 6.07) is 14.2. The van der Waals surface area contributed by atoms with Crippen LogP contribution in [0, 0.1) is 0 Å². The molecule has 1 heterocycles. The van der Waals surface area contributed by atoms with Crippen molar-refractivity contribution in [1.29, 1.82) is 0 Å². The number of alkyl halides is 3. The molecule has 2 aromatic carbocycles. The Balaban J connectivity index is 1.57. The van der Waals surface area contributed by atoms with Gasteiger partial charge in [0.1, 0.15) is 5.75 Å². The van der Waals surface area contributed by atoms with Gasteiger partial charge in [-0.1, -0.05) is 42.5 Å². The van der Waals surface area contributed by atoms with Crippen LogP contribution in [0.4, 0.5) is 13.2 Å². The number of morpholine rings is 1. The van der Waals surface area contributed by atoms with Crippen LogP contribution in [-0.2, 0) is 24.4 Å². The number of hydrogen-bond donors (Lipinski definition) is 2. The summed E-state index contributed by atoms with van der Waals surface area (Å²) in [6.07, 6.45) is -4.74. The minimum atomic E-state index is -4.74. The van der Waals surface area contributed by atoms with Crippen LogP contribution in [0.25, 0.3) is 0 Å². The van der Waals surface area contributed by atoms with Gasteiger partial charge in [0.05, 0.1) is 13.2 Å². The van der Waals surface area contributed by atoms with Crippen molar-refractivity contribution < 1.29 is 22.6 Å². The number of para-hydroxylation sites is 1. The van der Waals surface area contributed by atoms with E-state index in [-0.39, 0.29) is 12.3 Å². The number of benzene rings is 2. The van der Waals surface area contributed by atoms with Crippen molar-refractivity contribution in [2.45, 2.75) is 26.0 Å². The second-order valence-electron chi connectivity index (χ2n) is 7.09. The van der Waals surface area contributed by atoms with Crippen molar-refractivity contribution in [2.24, 2.45) is 4.99 Å². The van der Waals surface area contributed by atoms with Crippen LogP contribution < -0.4 is 15.4 Å². The van der Waals surface area contributed by atoms with Gasteiger partial charge < -0.3 is 20.1 Å². The largest absolute Gasteiger partial charge is 0.573 e. The highest BCUT2D eigenvalue weighted by Gasteiger charge is 2.31. The molecule has 1 saturated heterocycles. The molecule has 1 aliphatic rings. The predicted octanol–water partition coefficient (Wildman–Crippen LogP) is 3.28. The summed E-state index contributed by atoms with van der Waals surface area (Å²) in [5, 5.41) is 6.28. The third kappa shape index (κ3) is 7.45. The van der Waals surface area contributed by atoms with Gasteiger partial charge >= 0.3 is 6.36 Å². The highest BCUT2D eigenvalue weighted by Crippen LogP contribution is 2.26. The van der Waals surface area contributed by atoms with Gasteiger partial charge in [-0.25, -0.2) is 0 Å². The maximum absolute atomic E-state index is 12.6. The Bertz CT molecular complexity index is 868. The molecule has 0 amide bonds. The Morgan fingerprint density at radius 1 is 0.968 bits per heavy atom. The molecule has 0 aromatic heterocycles. The lowest BCUT2D eigenvalue weighted by Crippen LogP contribution is -2.37. The summed E-state index contributed by atoms with van der Waals surface area (Å²) in [5.41, 5.74) is 2.74. The first-order valence-electron chi connectivity index (χ1n) is 10.1. The molecule has 31 heavy (non-hydrogen) atoms. The van der Waals surface area contributed by atoms with E-state index in [1.165, 1.54) is 17.7 Å². The molecule has 2 aromatic rings. The zero-order chi connectivity index (χ0) is 22.1. The quantitative estimate of drug-likeness (QED) is 0.515. The fraction of sp³-hybridized carbons (Fsp3) is 0.409. The van der Waals surface area contributed by atoms with Crippen LogP contribution in [0.2, 0.25) is 0 Å². The number of nitrogens with zero attached hydrogens (tertiary/aromatic N) is 2. The summed E-state index contributed by atoms with van der Waals surface area (Å²) < 4.78 is 47.3. The third-order valence-corrected chi connectivity index (χ3v) is 4.93. The number of ether oxygens (including phenoxy) is 2.